The zero-order chi connectivity index (χ0) is 15.2. The molecule has 1 heterocycles. The minimum Gasteiger partial charge on any atom is -0.360 e. The molecule has 0 saturated carbocycles. The van der Waals surface area contributed by atoms with Crippen molar-refractivity contribution in [1.82, 2.24) is 15.3 Å². The topological polar surface area (TPSA) is 78.9 Å². The van der Waals surface area contributed by atoms with Gasteiger partial charge in [0.25, 0.3) is 0 Å². The fourth-order valence-electron chi connectivity index (χ4n) is 1.99. The van der Waals surface area contributed by atoms with Crippen molar-refractivity contribution >= 4 is 28.6 Å². The van der Waals surface area contributed by atoms with Crippen molar-refractivity contribution < 1.29 is 4.79 Å². The van der Waals surface area contributed by atoms with Gasteiger partial charge in [-0.15, -0.1) is 0 Å². The van der Waals surface area contributed by atoms with Crippen LogP contribution in [0, 0.1) is 0 Å². The summed E-state index contributed by atoms with van der Waals surface area (Å²) in [4.78, 5) is 20.6. The van der Waals surface area contributed by atoms with Crippen LogP contribution in [0.15, 0.2) is 24.3 Å². The molecule has 0 spiro atoms. The van der Waals surface area contributed by atoms with Gasteiger partial charge in [0.1, 0.15) is 5.82 Å². The first-order valence-corrected chi connectivity index (χ1v) is 7.14. The van der Waals surface area contributed by atoms with Crippen LogP contribution >= 0.6 is 0 Å². The largest absolute Gasteiger partial charge is 0.360 e. The quantitative estimate of drug-likeness (QED) is 0.757. The number of amides is 1. The molecular weight excluding hydrogens is 266 g/mol. The third-order valence-electron chi connectivity index (χ3n) is 2.80. The van der Waals surface area contributed by atoms with Gasteiger partial charge < -0.3 is 16.0 Å². The molecule has 0 unspecified atom stereocenters. The lowest BCUT2D eigenvalue weighted by molar-refractivity contribution is -0.119. The molecule has 0 aliphatic rings. The maximum Gasteiger partial charge on any atom is 0.239 e. The number of anilines is 2. The summed E-state index contributed by atoms with van der Waals surface area (Å²) in [5.74, 6) is 1.16. The average Bonchev–Trinajstić information content (AvgIpc) is 2.44. The van der Waals surface area contributed by atoms with Crippen molar-refractivity contribution in [3.05, 3.63) is 24.3 Å². The lowest BCUT2D eigenvalue weighted by Gasteiger charge is -2.12. The van der Waals surface area contributed by atoms with E-state index in [4.69, 9.17) is 0 Å². The smallest absolute Gasteiger partial charge is 0.239 e. The molecule has 0 fully saturated rings. The zero-order valence-electron chi connectivity index (χ0n) is 12.6. The van der Waals surface area contributed by atoms with Gasteiger partial charge in [0, 0.05) is 18.0 Å². The lowest BCUT2D eigenvalue weighted by Crippen LogP contribution is -2.35. The van der Waals surface area contributed by atoms with Crippen molar-refractivity contribution in [3.63, 3.8) is 0 Å². The molecule has 1 aromatic heterocycles. The molecule has 0 aliphatic carbocycles. The Bertz CT molecular complexity index is 626. The van der Waals surface area contributed by atoms with Crippen LogP contribution in [0.5, 0.6) is 0 Å². The van der Waals surface area contributed by atoms with E-state index in [0.29, 0.717) is 11.8 Å². The van der Waals surface area contributed by atoms with Gasteiger partial charge in [-0.1, -0.05) is 12.1 Å². The summed E-state index contributed by atoms with van der Waals surface area (Å²) in [6.07, 6.45) is 0. The van der Waals surface area contributed by atoms with E-state index in [0.717, 1.165) is 17.4 Å². The maximum absolute atomic E-state index is 11.7. The number of hydrogen-bond donors (Lipinski definition) is 3. The number of nitrogens with one attached hydrogen (secondary N) is 3. The molecule has 112 valence electrons. The monoisotopic (exact) mass is 287 g/mol. The molecule has 1 amide bonds. The zero-order valence-corrected chi connectivity index (χ0v) is 12.6. The second kappa shape index (κ2) is 6.88. The van der Waals surface area contributed by atoms with Crippen molar-refractivity contribution in [2.24, 2.45) is 0 Å². The van der Waals surface area contributed by atoms with Crippen LogP contribution in [-0.2, 0) is 4.79 Å². The summed E-state index contributed by atoms with van der Waals surface area (Å²) >= 11 is 0. The van der Waals surface area contributed by atoms with Gasteiger partial charge in [-0.2, -0.15) is 4.98 Å². The maximum atomic E-state index is 11.7. The lowest BCUT2D eigenvalue weighted by atomic mass is 10.2. The normalized spacial score (nSPS) is 10.7. The van der Waals surface area contributed by atoms with Crippen LogP contribution in [0.25, 0.3) is 10.9 Å². The Balaban J connectivity index is 2.22. The number of carbonyl (C=O) groups excluding carboxylic acids is 1. The van der Waals surface area contributed by atoms with Crippen LogP contribution in [0.2, 0.25) is 0 Å². The second-order valence-corrected chi connectivity index (χ2v) is 5.02. The third kappa shape index (κ3) is 4.05. The first-order chi connectivity index (χ1) is 10.1. The molecule has 2 rings (SSSR count). The third-order valence-corrected chi connectivity index (χ3v) is 2.80. The van der Waals surface area contributed by atoms with Crippen LogP contribution in [0.1, 0.15) is 20.8 Å². The van der Waals surface area contributed by atoms with E-state index < -0.39 is 0 Å². The number of para-hydroxylation sites is 1. The van der Waals surface area contributed by atoms with E-state index in [1.807, 2.05) is 45.0 Å². The minimum atomic E-state index is -0.0577. The van der Waals surface area contributed by atoms with Gasteiger partial charge in [0.05, 0.1) is 12.1 Å². The number of rotatable bonds is 6. The Morgan fingerprint density at radius 2 is 1.95 bits per heavy atom. The number of hydrogen-bond acceptors (Lipinski definition) is 5. The standard InChI is InChI=1S/C15H21N5O/c1-4-16-15-19-12-8-6-5-7-11(12)14(20-15)17-9-13(21)18-10(2)3/h5-8,10H,4,9H2,1-3H3,(H,18,21)(H2,16,17,19,20). The molecular formula is C15H21N5O. The number of fused-ring (bicyclic) bond motifs is 1. The van der Waals surface area contributed by atoms with Crippen LogP contribution in [0.4, 0.5) is 11.8 Å². The van der Waals surface area contributed by atoms with Crippen molar-refractivity contribution in [1.29, 1.82) is 0 Å². The Morgan fingerprint density at radius 1 is 1.19 bits per heavy atom. The van der Waals surface area contributed by atoms with E-state index >= 15 is 0 Å². The summed E-state index contributed by atoms with van der Waals surface area (Å²) in [5.41, 5.74) is 0.843. The van der Waals surface area contributed by atoms with Gasteiger partial charge in [0.2, 0.25) is 11.9 Å². The number of aromatic nitrogens is 2. The van der Waals surface area contributed by atoms with Crippen LogP contribution in [-0.4, -0.2) is 35.0 Å². The highest BCUT2D eigenvalue weighted by Gasteiger charge is 2.09. The Morgan fingerprint density at radius 3 is 2.67 bits per heavy atom. The van der Waals surface area contributed by atoms with E-state index in [-0.39, 0.29) is 18.5 Å². The predicted octanol–water partition coefficient (Wildman–Crippen LogP) is 2.00. The molecule has 0 saturated heterocycles. The van der Waals surface area contributed by atoms with Crippen molar-refractivity contribution in [2.45, 2.75) is 26.8 Å². The average molecular weight is 287 g/mol. The van der Waals surface area contributed by atoms with Crippen molar-refractivity contribution in [3.8, 4) is 0 Å². The van der Waals surface area contributed by atoms with Gasteiger partial charge in [-0.25, -0.2) is 4.98 Å². The molecule has 6 nitrogen and oxygen atoms in total. The predicted molar refractivity (Wildman–Crippen MR) is 85.5 cm³/mol. The molecule has 1 aromatic carbocycles. The van der Waals surface area contributed by atoms with E-state index in [2.05, 4.69) is 25.9 Å². The van der Waals surface area contributed by atoms with E-state index in [9.17, 15) is 4.79 Å². The highest BCUT2D eigenvalue weighted by Crippen LogP contribution is 2.21. The van der Waals surface area contributed by atoms with Crippen LogP contribution in [0.3, 0.4) is 0 Å². The Labute approximate surface area is 124 Å². The summed E-state index contributed by atoms with van der Waals surface area (Å²) in [6.45, 7) is 6.78. The van der Waals surface area contributed by atoms with Gasteiger partial charge in [-0.05, 0) is 32.9 Å². The molecule has 0 bridgehead atoms. The first-order valence-electron chi connectivity index (χ1n) is 7.14. The SMILES string of the molecule is CCNc1nc(NCC(=O)NC(C)C)c2ccccc2n1. The van der Waals surface area contributed by atoms with E-state index in [1.165, 1.54) is 0 Å². The van der Waals surface area contributed by atoms with E-state index in [1.54, 1.807) is 0 Å². The molecule has 2 aromatic rings. The van der Waals surface area contributed by atoms with Gasteiger partial charge >= 0.3 is 0 Å². The number of carbonyl (C=O) groups is 1. The molecule has 3 N–H and O–H groups in total. The highest BCUT2D eigenvalue weighted by atomic mass is 16.1. The minimum absolute atomic E-state index is 0.0577. The fraction of sp³-hybridized carbons (Fsp3) is 0.400. The number of nitrogens with zero attached hydrogens (tertiary/aromatic N) is 2. The van der Waals surface area contributed by atoms with Crippen molar-refractivity contribution in [2.75, 3.05) is 23.7 Å². The summed E-state index contributed by atoms with van der Waals surface area (Å²) in [6, 6.07) is 7.85. The Hall–Kier alpha value is -2.37. The molecule has 0 radical (unpaired) electrons. The summed E-state index contributed by atoms with van der Waals surface area (Å²) in [5, 5.41) is 9.93. The summed E-state index contributed by atoms with van der Waals surface area (Å²) in [7, 11) is 0. The molecule has 0 atom stereocenters. The summed E-state index contributed by atoms with van der Waals surface area (Å²) < 4.78 is 0. The highest BCUT2D eigenvalue weighted by molar-refractivity contribution is 5.91. The number of benzene rings is 1. The molecule has 6 heteroatoms. The fourth-order valence-corrected chi connectivity index (χ4v) is 1.99. The first kappa shape index (κ1) is 15.0. The second-order valence-electron chi connectivity index (χ2n) is 5.02. The van der Waals surface area contributed by atoms with Gasteiger partial charge in [-0.3, -0.25) is 4.79 Å². The Kier molecular flexibility index (Phi) is 4.92. The molecule has 21 heavy (non-hydrogen) atoms. The van der Waals surface area contributed by atoms with Crippen LogP contribution < -0.4 is 16.0 Å². The van der Waals surface area contributed by atoms with Gasteiger partial charge in [0.15, 0.2) is 0 Å². The molecule has 0 aliphatic heterocycles.